The minimum absolute atomic E-state index is 0.171. The topological polar surface area (TPSA) is 115 Å². The van der Waals surface area contributed by atoms with Crippen LogP contribution in [0.2, 0.25) is 0 Å². The van der Waals surface area contributed by atoms with Crippen molar-refractivity contribution in [3.05, 3.63) is 35.7 Å². The lowest BCUT2D eigenvalue weighted by atomic mass is 10.0. The molecule has 3 aliphatic rings. The third-order valence-electron chi connectivity index (χ3n) is 8.19. The summed E-state index contributed by atoms with van der Waals surface area (Å²) in [6.07, 6.45) is 5.27. The molecule has 3 aliphatic heterocycles. The Hall–Kier alpha value is -2.95. The van der Waals surface area contributed by atoms with E-state index >= 15 is 0 Å². The molecule has 1 amide bonds. The molecule has 1 atom stereocenters. The normalized spacial score (nSPS) is 21.8. The molecule has 0 saturated carbocycles. The summed E-state index contributed by atoms with van der Waals surface area (Å²) in [6, 6.07) is 9.35. The van der Waals surface area contributed by atoms with Gasteiger partial charge in [0.05, 0.1) is 5.69 Å². The van der Waals surface area contributed by atoms with Crippen molar-refractivity contribution in [3.63, 3.8) is 0 Å². The molecule has 1 aromatic carbocycles. The van der Waals surface area contributed by atoms with E-state index in [4.69, 9.17) is 10.7 Å². The average molecular weight is 522 g/mol. The van der Waals surface area contributed by atoms with Gasteiger partial charge < -0.3 is 31.5 Å². The highest BCUT2D eigenvalue weighted by molar-refractivity contribution is 5.96. The molecule has 3 fully saturated rings. The number of aromatic nitrogens is 2. The smallest absolute Gasteiger partial charge is 0.271 e. The molecule has 38 heavy (non-hydrogen) atoms. The van der Waals surface area contributed by atoms with Crippen LogP contribution in [0.4, 0.5) is 23.0 Å². The quantitative estimate of drug-likeness (QED) is 0.415. The second kappa shape index (κ2) is 12.3. The first-order chi connectivity index (χ1) is 18.5. The molecule has 10 heteroatoms. The van der Waals surface area contributed by atoms with Gasteiger partial charge in [0.2, 0.25) is 0 Å². The molecule has 3 saturated heterocycles. The first-order valence-electron chi connectivity index (χ1n) is 14.2. The molecular weight excluding hydrogens is 478 g/mol. The van der Waals surface area contributed by atoms with E-state index in [-0.39, 0.29) is 11.7 Å². The van der Waals surface area contributed by atoms with Crippen LogP contribution >= 0.6 is 0 Å². The van der Waals surface area contributed by atoms with Gasteiger partial charge in [-0.3, -0.25) is 9.69 Å². The lowest BCUT2D eigenvalue weighted by Crippen LogP contribution is -2.52. The number of carbonyl (C=O) groups excluding carboxylic acids is 1. The van der Waals surface area contributed by atoms with Gasteiger partial charge in [-0.25, -0.2) is 9.97 Å². The average Bonchev–Trinajstić information content (AvgIpc) is 2.94. The van der Waals surface area contributed by atoms with Gasteiger partial charge in [-0.2, -0.15) is 0 Å². The van der Waals surface area contributed by atoms with Crippen molar-refractivity contribution in [2.75, 3.05) is 74.9 Å². The standard InChI is InChI=1S/C28H43N9O/c1-3-24-27(32-21-5-4-12-30-19-21)34-28(25(33-24)26(29)38)31-20-6-8-22(9-7-20)36-13-10-23(11-14-36)37-17-15-35(2)16-18-37/h6-9,21,23,30H,3-5,10-19H2,1-2H3,(H2,29,38)(H2,31,32,34)/t21-/m1/s1. The number of benzene rings is 1. The summed E-state index contributed by atoms with van der Waals surface area (Å²) in [5.41, 5.74) is 8.70. The van der Waals surface area contributed by atoms with Gasteiger partial charge in [0.25, 0.3) is 5.91 Å². The molecule has 1 aromatic heterocycles. The number of nitrogens with two attached hydrogens (primary N) is 1. The van der Waals surface area contributed by atoms with Crippen LogP contribution in [0, 0.1) is 0 Å². The van der Waals surface area contributed by atoms with Crippen LogP contribution in [0.5, 0.6) is 0 Å². The van der Waals surface area contributed by atoms with Gasteiger partial charge >= 0.3 is 0 Å². The summed E-state index contributed by atoms with van der Waals surface area (Å²) in [7, 11) is 2.21. The van der Waals surface area contributed by atoms with Crippen LogP contribution in [0.3, 0.4) is 0 Å². The highest BCUT2D eigenvalue weighted by Gasteiger charge is 2.27. The van der Waals surface area contributed by atoms with E-state index in [1.165, 1.54) is 44.7 Å². The number of carbonyl (C=O) groups is 1. The summed E-state index contributed by atoms with van der Waals surface area (Å²) in [6.45, 7) is 10.8. The minimum Gasteiger partial charge on any atom is -0.371 e. The van der Waals surface area contributed by atoms with E-state index in [1.807, 2.05) is 19.1 Å². The van der Waals surface area contributed by atoms with Crippen LogP contribution < -0.4 is 26.6 Å². The van der Waals surface area contributed by atoms with Gasteiger partial charge in [0.1, 0.15) is 0 Å². The molecule has 5 N–H and O–H groups in total. The van der Waals surface area contributed by atoms with Crippen LogP contribution in [-0.2, 0) is 6.42 Å². The zero-order valence-electron chi connectivity index (χ0n) is 22.9. The summed E-state index contributed by atoms with van der Waals surface area (Å²) < 4.78 is 0. The third-order valence-corrected chi connectivity index (χ3v) is 8.19. The van der Waals surface area contributed by atoms with E-state index in [1.54, 1.807) is 0 Å². The van der Waals surface area contributed by atoms with E-state index in [0.717, 1.165) is 50.4 Å². The second-order valence-electron chi connectivity index (χ2n) is 10.9. The van der Waals surface area contributed by atoms with E-state index < -0.39 is 5.91 Å². The van der Waals surface area contributed by atoms with Crippen LogP contribution in [0.1, 0.15) is 48.8 Å². The van der Waals surface area contributed by atoms with Crippen molar-refractivity contribution >= 4 is 28.9 Å². The highest BCUT2D eigenvalue weighted by Crippen LogP contribution is 2.27. The monoisotopic (exact) mass is 521 g/mol. The fraction of sp³-hybridized carbons (Fsp3) is 0.607. The van der Waals surface area contributed by atoms with Gasteiger partial charge in [0, 0.05) is 69.3 Å². The van der Waals surface area contributed by atoms with Gasteiger partial charge in [-0.1, -0.05) is 6.92 Å². The Morgan fingerprint density at radius 3 is 2.39 bits per heavy atom. The first-order valence-corrected chi connectivity index (χ1v) is 14.2. The number of likely N-dealkylation sites (N-methyl/N-ethyl adjacent to an activating group) is 1. The summed E-state index contributed by atoms with van der Waals surface area (Å²) in [5.74, 6) is 0.524. The van der Waals surface area contributed by atoms with Gasteiger partial charge in [-0.05, 0) is 70.0 Å². The molecular formula is C28H43N9O. The molecule has 0 aliphatic carbocycles. The molecule has 2 aromatic rings. The van der Waals surface area contributed by atoms with Gasteiger partial charge in [-0.15, -0.1) is 0 Å². The number of piperazine rings is 1. The predicted molar refractivity (Wildman–Crippen MR) is 153 cm³/mol. The van der Waals surface area contributed by atoms with Crippen LogP contribution in [0.25, 0.3) is 0 Å². The second-order valence-corrected chi connectivity index (χ2v) is 10.9. The van der Waals surface area contributed by atoms with Crippen molar-refractivity contribution in [2.24, 2.45) is 5.73 Å². The number of nitrogens with one attached hydrogen (secondary N) is 3. The third kappa shape index (κ3) is 6.36. The van der Waals surface area contributed by atoms with E-state index in [9.17, 15) is 4.79 Å². The Bertz CT molecular complexity index is 1070. The molecule has 0 radical (unpaired) electrons. The fourth-order valence-corrected chi connectivity index (χ4v) is 5.83. The zero-order chi connectivity index (χ0) is 26.5. The number of piperidine rings is 2. The number of anilines is 4. The lowest BCUT2D eigenvalue weighted by Gasteiger charge is -2.42. The molecule has 10 nitrogen and oxygen atoms in total. The van der Waals surface area contributed by atoms with Crippen molar-refractivity contribution in [1.82, 2.24) is 25.1 Å². The minimum atomic E-state index is -0.583. The number of aryl methyl sites for hydroxylation is 1. The Balaban J connectivity index is 1.24. The Labute approximate surface area is 226 Å². The van der Waals surface area contributed by atoms with E-state index in [2.05, 4.69) is 54.8 Å². The first kappa shape index (κ1) is 26.6. The summed E-state index contributed by atoms with van der Waals surface area (Å²) in [5, 5.41) is 10.3. The number of hydrogen-bond donors (Lipinski definition) is 4. The molecule has 0 unspecified atom stereocenters. The fourth-order valence-electron chi connectivity index (χ4n) is 5.83. The van der Waals surface area contributed by atoms with Crippen molar-refractivity contribution in [1.29, 1.82) is 0 Å². The molecule has 4 heterocycles. The molecule has 0 bridgehead atoms. The largest absolute Gasteiger partial charge is 0.371 e. The SMILES string of the molecule is CCc1nc(C(N)=O)c(Nc2ccc(N3CCC(N4CCN(C)CC4)CC3)cc2)nc1N[C@@H]1CCCNC1. The maximum atomic E-state index is 12.2. The Kier molecular flexibility index (Phi) is 8.61. The van der Waals surface area contributed by atoms with Crippen molar-refractivity contribution < 1.29 is 4.79 Å². The zero-order valence-corrected chi connectivity index (χ0v) is 22.9. The number of nitrogens with zero attached hydrogens (tertiary/aromatic N) is 5. The van der Waals surface area contributed by atoms with Crippen LogP contribution in [-0.4, -0.2) is 97.2 Å². The maximum absolute atomic E-state index is 12.2. The maximum Gasteiger partial charge on any atom is 0.271 e. The van der Waals surface area contributed by atoms with Crippen LogP contribution in [0.15, 0.2) is 24.3 Å². The van der Waals surface area contributed by atoms with Crippen molar-refractivity contribution in [3.8, 4) is 0 Å². The van der Waals surface area contributed by atoms with Crippen molar-refractivity contribution in [2.45, 2.75) is 51.1 Å². The number of primary amides is 1. The molecule has 0 spiro atoms. The predicted octanol–water partition coefficient (Wildman–Crippen LogP) is 2.26. The number of hydrogen-bond acceptors (Lipinski definition) is 9. The highest BCUT2D eigenvalue weighted by atomic mass is 16.1. The number of amides is 1. The molecule has 206 valence electrons. The van der Waals surface area contributed by atoms with Gasteiger partial charge in [0.15, 0.2) is 17.3 Å². The number of rotatable bonds is 8. The summed E-state index contributed by atoms with van der Waals surface area (Å²) in [4.78, 5) is 29.2. The summed E-state index contributed by atoms with van der Waals surface area (Å²) >= 11 is 0. The Morgan fingerprint density at radius 2 is 1.76 bits per heavy atom. The lowest BCUT2D eigenvalue weighted by molar-refractivity contribution is 0.0982. The Morgan fingerprint density at radius 1 is 1.03 bits per heavy atom. The van der Waals surface area contributed by atoms with E-state index in [0.29, 0.717) is 24.1 Å². The molecule has 5 rings (SSSR count).